The number of carbonyl (C=O) groups is 1. The normalized spacial score (nSPS) is 25.4. The maximum Gasteiger partial charge on any atom is 0.229 e. The highest BCUT2D eigenvalue weighted by Crippen LogP contribution is 2.06. The first-order valence-corrected chi connectivity index (χ1v) is 2.66. The molecule has 1 unspecified atom stereocenters. The predicted molar refractivity (Wildman–Crippen MR) is 32.0 cm³/mol. The molecular weight excluding hydrogens is 126 g/mol. The van der Waals surface area contributed by atoms with E-state index in [0.29, 0.717) is 6.42 Å². The molecule has 0 saturated carbocycles. The van der Waals surface area contributed by atoms with Crippen LogP contribution in [0, 0.1) is 0 Å². The average Bonchev–Trinajstić information content (AvgIpc) is 2.12. The molecule has 8 heavy (non-hydrogen) atoms. The van der Waals surface area contributed by atoms with E-state index in [1.165, 1.54) is 0 Å². The van der Waals surface area contributed by atoms with Gasteiger partial charge in [0.1, 0.15) is 0 Å². The third-order valence-electron chi connectivity index (χ3n) is 0.858. The van der Waals surface area contributed by atoms with Crippen LogP contribution < -0.4 is 0 Å². The monoisotopic (exact) mass is 131 g/mol. The first kappa shape index (κ1) is 5.62. The summed E-state index contributed by atoms with van der Waals surface area (Å²) in [6, 6.07) is 0. The van der Waals surface area contributed by atoms with Crippen LogP contribution in [0.5, 0.6) is 0 Å². The SMILES string of the molecule is O=C(S)C1CC=NO1. The van der Waals surface area contributed by atoms with Gasteiger partial charge in [-0.2, -0.15) is 0 Å². The molecule has 0 N–H and O–H groups in total. The van der Waals surface area contributed by atoms with Gasteiger partial charge in [-0.3, -0.25) is 4.79 Å². The summed E-state index contributed by atoms with van der Waals surface area (Å²) in [5, 5.41) is 3.13. The Bertz CT molecular complexity index is 126. The zero-order chi connectivity index (χ0) is 5.98. The molecule has 0 bridgehead atoms. The minimum atomic E-state index is -0.432. The van der Waals surface area contributed by atoms with E-state index in [2.05, 4.69) is 22.6 Å². The molecule has 1 rings (SSSR count). The van der Waals surface area contributed by atoms with Crippen molar-refractivity contribution in [2.45, 2.75) is 12.5 Å². The molecule has 44 valence electrons. The molecule has 1 atom stereocenters. The summed E-state index contributed by atoms with van der Waals surface area (Å²) in [7, 11) is 0. The van der Waals surface area contributed by atoms with Gasteiger partial charge in [0.05, 0.1) is 0 Å². The van der Waals surface area contributed by atoms with Crippen molar-refractivity contribution in [3.63, 3.8) is 0 Å². The lowest BCUT2D eigenvalue weighted by molar-refractivity contribution is -0.119. The lowest BCUT2D eigenvalue weighted by Crippen LogP contribution is -2.13. The standard InChI is InChI=1S/C4H5NO2S/c6-4(8)3-1-2-5-7-3/h2-3H,1H2,(H,6,8). The molecule has 1 heterocycles. The largest absolute Gasteiger partial charge is 0.383 e. The van der Waals surface area contributed by atoms with Crippen LogP contribution in [0.15, 0.2) is 5.16 Å². The Kier molecular flexibility index (Phi) is 1.53. The first-order valence-electron chi connectivity index (χ1n) is 2.21. The number of hydrogen-bond acceptors (Lipinski definition) is 3. The van der Waals surface area contributed by atoms with E-state index in [4.69, 9.17) is 0 Å². The van der Waals surface area contributed by atoms with Crippen LogP contribution in [-0.4, -0.2) is 17.4 Å². The number of nitrogens with zero attached hydrogens (tertiary/aromatic N) is 1. The van der Waals surface area contributed by atoms with Crippen LogP contribution in [0.1, 0.15) is 6.42 Å². The van der Waals surface area contributed by atoms with E-state index in [0.717, 1.165) is 0 Å². The molecule has 0 radical (unpaired) electrons. The molecule has 0 fully saturated rings. The Morgan fingerprint density at radius 2 is 2.75 bits per heavy atom. The second-order valence-electron chi connectivity index (χ2n) is 1.46. The van der Waals surface area contributed by atoms with Gasteiger partial charge in [0.15, 0.2) is 6.10 Å². The molecule has 0 saturated heterocycles. The van der Waals surface area contributed by atoms with E-state index < -0.39 is 6.10 Å². The van der Waals surface area contributed by atoms with E-state index in [1.54, 1.807) is 6.21 Å². The van der Waals surface area contributed by atoms with E-state index >= 15 is 0 Å². The second-order valence-corrected chi connectivity index (χ2v) is 1.90. The first-order chi connectivity index (χ1) is 3.80. The molecule has 0 aromatic carbocycles. The van der Waals surface area contributed by atoms with E-state index in [1.807, 2.05) is 0 Å². The zero-order valence-electron chi connectivity index (χ0n) is 4.07. The summed E-state index contributed by atoms with van der Waals surface area (Å²) in [6.07, 6.45) is 1.68. The van der Waals surface area contributed by atoms with E-state index in [-0.39, 0.29) is 5.12 Å². The van der Waals surface area contributed by atoms with Gasteiger partial charge in [-0.1, -0.05) is 5.16 Å². The van der Waals surface area contributed by atoms with Gasteiger partial charge in [0.2, 0.25) is 5.12 Å². The molecule has 1 aliphatic heterocycles. The van der Waals surface area contributed by atoms with Crippen molar-refractivity contribution in [2.75, 3.05) is 0 Å². The minimum Gasteiger partial charge on any atom is -0.383 e. The third-order valence-corrected chi connectivity index (χ3v) is 1.15. The quantitative estimate of drug-likeness (QED) is 0.517. The average molecular weight is 131 g/mol. The van der Waals surface area contributed by atoms with Crippen molar-refractivity contribution >= 4 is 24.0 Å². The summed E-state index contributed by atoms with van der Waals surface area (Å²) >= 11 is 3.55. The van der Waals surface area contributed by atoms with Gasteiger partial charge in [-0.25, -0.2) is 0 Å². The van der Waals surface area contributed by atoms with E-state index in [9.17, 15) is 4.79 Å². The van der Waals surface area contributed by atoms with Crippen molar-refractivity contribution in [3.8, 4) is 0 Å². The van der Waals surface area contributed by atoms with Crippen molar-refractivity contribution < 1.29 is 9.63 Å². The fourth-order valence-electron chi connectivity index (χ4n) is 0.444. The fraction of sp³-hybridized carbons (Fsp3) is 0.500. The minimum absolute atomic E-state index is 0.262. The van der Waals surface area contributed by atoms with Gasteiger partial charge < -0.3 is 4.84 Å². The van der Waals surface area contributed by atoms with Gasteiger partial charge in [0.25, 0.3) is 0 Å². The van der Waals surface area contributed by atoms with Gasteiger partial charge >= 0.3 is 0 Å². The van der Waals surface area contributed by atoms with Crippen LogP contribution in [0.2, 0.25) is 0 Å². The third kappa shape index (κ3) is 1.01. The number of carbonyl (C=O) groups excluding carboxylic acids is 1. The second kappa shape index (κ2) is 2.17. The highest BCUT2D eigenvalue weighted by Gasteiger charge is 2.18. The zero-order valence-corrected chi connectivity index (χ0v) is 4.97. The lowest BCUT2D eigenvalue weighted by atomic mass is 10.3. The van der Waals surface area contributed by atoms with Crippen molar-refractivity contribution in [2.24, 2.45) is 5.16 Å². The summed E-state index contributed by atoms with van der Waals surface area (Å²) in [5.74, 6) is 0. The maximum absolute atomic E-state index is 10.3. The fourth-order valence-corrected chi connectivity index (χ4v) is 0.597. The Balaban J connectivity index is 2.41. The predicted octanol–water partition coefficient (Wildman–Crippen LogP) is 0.218. The summed E-state index contributed by atoms with van der Waals surface area (Å²) < 4.78 is 0. The summed E-state index contributed by atoms with van der Waals surface area (Å²) in [5.41, 5.74) is 0. The number of rotatable bonds is 1. The van der Waals surface area contributed by atoms with Crippen LogP contribution in [0.4, 0.5) is 0 Å². The Morgan fingerprint density at radius 1 is 2.00 bits per heavy atom. The van der Waals surface area contributed by atoms with Crippen molar-refractivity contribution in [1.29, 1.82) is 0 Å². The van der Waals surface area contributed by atoms with Crippen LogP contribution >= 0.6 is 12.6 Å². The molecule has 0 aliphatic carbocycles. The van der Waals surface area contributed by atoms with Crippen molar-refractivity contribution in [3.05, 3.63) is 0 Å². The van der Waals surface area contributed by atoms with Gasteiger partial charge in [-0.15, -0.1) is 12.6 Å². The smallest absolute Gasteiger partial charge is 0.229 e. The Labute approximate surface area is 52.1 Å². The number of thiol groups is 1. The summed E-state index contributed by atoms with van der Waals surface area (Å²) in [6.45, 7) is 0. The van der Waals surface area contributed by atoms with Crippen molar-refractivity contribution in [1.82, 2.24) is 0 Å². The number of oxime groups is 1. The number of hydrogen-bond donors (Lipinski definition) is 1. The molecule has 0 aromatic heterocycles. The molecule has 0 spiro atoms. The highest BCUT2D eigenvalue weighted by atomic mass is 32.1. The highest BCUT2D eigenvalue weighted by molar-refractivity contribution is 7.96. The van der Waals surface area contributed by atoms with Gasteiger partial charge in [0, 0.05) is 12.6 Å². The van der Waals surface area contributed by atoms with Gasteiger partial charge in [-0.05, 0) is 0 Å². The maximum atomic E-state index is 10.3. The topological polar surface area (TPSA) is 38.7 Å². The molecule has 0 aromatic rings. The molecule has 4 heteroatoms. The summed E-state index contributed by atoms with van der Waals surface area (Å²) in [4.78, 5) is 14.9. The Morgan fingerprint density at radius 3 is 3.00 bits per heavy atom. The molecule has 0 amide bonds. The molecular formula is C4H5NO2S. The Hall–Kier alpha value is -0.510. The lowest BCUT2D eigenvalue weighted by Gasteiger charge is -1.98. The molecule has 3 nitrogen and oxygen atoms in total. The van der Waals surface area contributed by atoms with Crippen LogP contribution in [0.25, 0.3) is 0 Å². The molecule has 1 aliphatic rings. The van der Waals surface area contributed by atoms with Crippen LogP contribution in [-0.2, 0) is 9.63 Å². The van der Waals surface area contributed by atoms with Crippen LogP contribution in [0.3, 0.4) is 0 Å².